The maximum absolute atomic E-state index is 12.0. The number of carbonyl (C=O) groups is 1. The van der Waals surface area contributed by atoms with Crippen LogP contribution in [0.4, 0.5) is 5.82 Å². The molecule has 0 aliphatic rings. The average Bonchev–Trinajstić information content (AvgIpc) is 2.85. The molecule has 5 nitrogen and oxygen atoms in total. The Hall–Kier alpha value is -1.82. The van der Waals surface area contributed by atoms with Crippen LogP contribution < -0.4 is 11.1 Å². The Kier molecular flexibility index (Phi) is 3.66. The van der Waals surface area contributed by atoms with Crippen molar-refractivity contribution >= 4 is 27.7 Å². The van der Waals surface area contributed by atoms with Crippen molar-refractivity contribution in [3.63, 3.8) is 0 Å². The van der Waals surface area contributed by atoms with E-state index in [0.717, 1.165) is 0 Å². The Morgan fingerprint density at radius 3 is 3.06 bits per heavy atom. The Labute approximate surface area is 113 Å². The van der Waals surface area contributed by atoms with Gasteiger partial charge in [0.2, 0.25) is 0 Å². The average molecular weight is 310 g/mol. The van der Waals surface area contributed by atoms with Crippen LogP contribution in [-0.4, -0.2) is 10.9 Å². The summed E-state index contributed by atoms with van der Waals surface area (Å²) < 4.78 is 5.92. The number of pyridine rings is 1. The molecule has 0 saturated heterocycles. The summed E-state index contributed by atoms with van der Waals surface area (Å²) in [5.74, 6) is 0.595. The fourth-order valence-corrected chi connectivity index (χ4v) is 1.85. The van der Waals surface area contributed by atoms with E-state index in [1.165, 1.54) is 0 Å². The molecule has 1 unspecified atom stereocenters. The summed E-state index contributed by atoms with van der Waals surface area (Å²) in [4.78, 5) is 15.9. The predicted molar refractivity (Wildman–Crippen MR) is 70.9 cm³/mol. The highest BCUT2D eigenvalue weighted by atomic mass is 79.9. The van der Waals surface area contributed by atoms with Crippen molar-refractivity contribution in [3.8, 4) is 0 Å². The van der Waals surface area contributed by atoms with Crippen molar-refractivity contribution in [2.75, 3.05) is 5.73 Å². The van der Waals surface area contributed by atoms with Crippen LogP contribution in [0.25, 0.3) is 0 Å². The Balaban J connectivity index is 2.15. The van der Waals surface area contributed by atoms with Crippen LogP contribution in [0.5, 0.6) is 0 Å². The van der Waals surface area contributed by atoms with Crippen LogP contribution in [0.2, 0.25) is 0 Å². The summed E-state index contributed by atoms with van der Waals surface area (Å²) in [7, 11) is 0. The Bertz CT molecular complexity index is 554. The van der Waals surface area contributed by atoms with Crippen molar-refractivity contribution in [1.29, 1.82) is 0 Å². The minimum Gasteiger partial charge on any atom is -0.467 e. The van der Waals surface area contributed by atoms with Gasteiger partial charge < -0.3 is 15.5 Å². The van der Waals surface area contributed by atoms with Crippen LogP contribution in [-0.2, 0) is 0 Å². The normalized spacial score (nSPS) is 12.1. The third kappa shape index (κ3) is 2.70. The first-order chi connectivity index (χ1) is 8.58. The van der Waals surface area contributed by atoms with E-state index < -0.39 is 0 Å². The molecule has 2 aromatic heterocycles. The molecule has 1 atom stereocenters. The number of nitrogen functional groups attached to an aromatic ring is 1. The van der Waals surface area contributed by atoms with Gasteiger partial charge >= 0.3 is 0 Å². The van der Waals surface area contributed by atoms with Gasteiger partial charge in [0.15, 0.2) is 0 Å². The summed E-state index contributed by atoms with van der Waals surface area (Å²) in [5, 5.41) is 2.79. The zero-order chi connectivity index (χ0) is 13.1. The number of aromatic nitrogens is 1. The smallest absolute Gasteiger partial charge is 0.255 e. The Morgan fingerprint density at radius 1 is 1.61 bits per heavy atom. The number of carbonyl (C=O) groups excluding carboxylic acids is 1. The second-order valence-corrected chi connectivity index (χ2v) is 4.71. The van der Waals surface area contributed by atoms with E-state index in [1.807, 2.05) is 6.92 Å². The van der Waals surface area contributed by atoms with E-state index in [4.69, 9.17) is 10.2 Å². The first-order valence-electron chi connectivity index (χ1n) is 5.33. The van der Waals surface area contributed by atoms with Crippen molar-refractivity contribution in [3.05, 3.63) is 46.5 Å². The second kappa shape index (κ2) is 5.22. The molecule has 94 valence electrons. The number of nitrogens with zero attached hydrogens (tertiary/aromatic N) is 1. The minimum atomic E-state index is -0.287. The van der Waals surface area contributed by atoms with Crippen molar-refractivity contribution < 1.29 is 9.21 Å². The second-order valence-electron chi connectivity index (χ2n) is 3.80. The lowest BCUT2D eigenvalue weighted by atomic mass is 10.2. The zero-order valence-corrected chi connectivity index (χ0v) is 11.3. The summed E-state index contributed by atoms with van der Waals surface area (Å²) in [6.07, 6.45) is 3.11. The predicted octanol–water partition coefficient (Wildman–Crippen LogP) is 2.51. The molecule has 0 radical (unpaired) electrons. The van der Waals surface area contributed by atoms with Crippen molar-refractivity contribution in [1.82, 2.24) is 10.3 Å². The molecular formula is C12H12BrN3O2. The first-order valence-corrected chi connectivity index (χ1v) is 6.12. The highest BCUT2D eigenvalue weighted by molar-refractivity contribution is 9.10. The molecule has 3 N–H and O–H groups in total. The van der Waals surface area contributed by atoms with Crippen LogP contribution in [0, 0.1) is 0 Å². The maximum atomic E-state index is 12.0. The monoisotopic (exact) mass is 309 g/mol. The molecule has 1 amide bonds. The van der Waals surface area contributed by atoms with E-state index in [-0.39, 0.29) is 17.8 Å². The number of nitrogens with one attached hydrogen (secondary N) is 1. The Morgan fingerprint density at radius 2 is 2.39 bits per heavy atom. The third-order valence-electron chi connectivity index (χ3n) is 2.45. The van der Waals surface area contributed by atoms with Crippen LogP contribution in [0.15, 0.2) is 39.5 Å². The van der Waals surface area contributed by atoms with E-state index in [1.54, 1.807) is 30.7 Å². The van der Waals surface area contributed by atoms with Crippen LogP contribution in [0.3, 0.4) is 0 Å². The first kappa shape index (κ1) is 12.6. The number of hydrogen-bond acceptors (Lipinski definition) is 4. The van der Waals surface area contributed by atoms with Gasteiger partial charge in [0.25, 0.3) is 5.91 Å². The highest BCUT2D eigenvalue weighted by Crippen LogP contribution is 2.18. The fraction of sp³-hybridized carbons (Fsp3) is 0.167. The molecule has 0 aromatic carbocycles. The summed E-state index contributed by atoms with van der Waals surface area (Å²) >= 11 is 3.25. The molecule has 18 heavy (non-hydrogen) atoms. The molecular weight excluding hydrogens is 298 g/mol. The van der Waals surface area contributed by atoms with E-state index in [0.29, 0.717) is 15.8 Å². The van der Waals surface area contributed by atoms with Gasteiger partial charge in [0.1, 0.15) is 11.6 Å². The number of amides is 1. The van der Waals surface area contributed by atoms with Gasteiger partial charge in [0, 0.05) is 10.7 Å². The topological polar surface area (TPSA) is 81.2 Å². The van der Waals surface area contributed by atoms with Gasteiger partial charge in [-0.05, 0) is 41.1 Å². The lowest BCUT2D eigenvalue weighted by molar-refractivity contribution is 0.0936. The number of furan rings is 1. The highest BCUT2D eigenvalue weighted by Gasteiger charge is 2.16. The van der Waals surface area contributed by atoms with Gasteiger partial charge in [-0.2, -0.15) is 0 Å². The third-order valence-corrected chi connectivity index (χ3v) is 2.88. The quantitative estimate of drug-likeness (QED) is 0.912. The molecule has 0 fully saturated rings. The largest absolute Gasteiger partial charge is 0.467 e. The minimum absolute atomic E-state index is 0.197. The van der Waals surface area contributed by atoms with Gasteiger partial charge in [-0.3, -0.25) is 4.79 Å². The van der Waals surface area contributed by atoms with Crippen LogP contribution >= 0.6 is 15.9 Å². The molecule has 6 heteroatoms. The van der Waals surface area contributed by atoms with Gasteiger partial charge in [0.05, 0.1) is 17.9 Å². The summed E-state index contributed by atoms with van der Waals surface area (Å²) in [6, 6.07) is 4.97. The van der Waals surface area contributed by atoms with Gasteiger partial charge in [-0.25, -0.2) is 4.98 Å². The lowest BCUT2D eigenvalue weighted by Crippen LogP contribution is -2.27. The summed E-state index contributed by atoms with van der Waals surface area (Å²) in [6.45, 7) is 1.83. The molecule has 0 aliphatic heterocycles. The molecule has 2 rings (SSSR count). The fourth-order valence-electron chi connectivity index (χ4n) is 1.51. The number of hydrogen-bond donors (Lipinski definition) is 2. The van der Waals surface area contributed by atoms with E-state index >= 15 is 0 Å². The zero-order valence-electron chi connectivity index (χ0n) is 9.68. The molecule has 0 saturated carbocycles. The standard InChI is InChI=1S/C12H12BrN3O2/c1-7(10-3-2-4-18-10)16-12(17)9-5-8(13)6-15-11(9)14/h2-7H,1H3,(H2,14,15)(H,16,17). The number of rotatable bonds is 3. The molecule has 2 heterocycles. The number of nitrogens with two attached hydrogens (primary N) is 1. The maximum Gasteiger partial charge on any atom is 0.255 e. The van der Waals surface area contributed by atoms with E-state index in [2.05, 4.69) is 26.2 Å². The number of halogens is 1. The van der Waals surface area contributed by atoms with Crippen molar-refractivity contribution in [2.24, 2.45) is 0 Å². The molecule has 2 aromatic rings. The lowest BCUT2D eigenvalue weighted by Gasteiger charge is -2.12. The molecule has 0 bridgehead atoms. The number of anilines is 1. The van der Waals surface area contributed by atoms with Crippen LogP contribution in [0.1, 0.15) is 29.1 Å². The van der Waals surface area contributed by atoms with Crippen molar-refractivity contribution in [2.45, 2.75) is 13.0 Å². The van der Waals surface area contributed by atoms with E-state index in [9.17, 15) is 4.79 Å². The van der Waals surface area contributed by atoms with Gasteiger partial charge in [-0.1, -0.05) is 0 Å². The summed E-state index contributed by atoms with van der Waals surface area (Å²) in [5.41, 5.74) is 6.00. The van der Waals surface area contributed by atoms with Gasteiger partial charge in [-0.15, -0.1) is 0 Å². The molecule has 0 spiro atoms. The SMILES string of the molecule is CC(NC(=O)c1cc(Br)cnc1N)c1ccco1. The molecule has 0 aliphatic carbocycles.